The van der Waals surface area contributed by atoms with Crippen molar-refractivity contribution in [2.24, 2.45) is 0 Å². The van der Waals surface area contributed by atoms with Crippen LogP contribution in [0.5, 0.6) is 0 Å². The third-order valence-corrected chi connectivity index (χ3v) is 1.36. The van der Waals surface area contributed by atoms with Gasteiger partial charge in [-0.05, 0) is 19.4 Å². The van der Waals surface area contributed by atoms with Gasteiger partial charge in [0.2, 0.25) is 0 Å². The second-order valence-corrected chi connectivity index (χ2v) is 2.17. The van der Waals surface area contributed by atoms with Crippen LogP contribution in [0.15, 0.2) is 11.6 Å². The van der Waals surface area contributed by atoms with Crippen LogP contribution in [0.25, 0.3) is 0 Å². The molecule has 0 aromatic rings. The molecule has 0 rings (SSSR count). The number of carbonyl (C=O) groups is 1. The topological polar surface area (TPSA) is 35.5 Å². The highest BCUT2D eigenvalue weighted by Gasteiger charge is 1.96. The van der Waals surface area contributed by atoms with Gasteiger partial charge in [-0.2, -0.15) is 0 Å². The molecule has 0 atom stereocenters. The first-order chi connectivity index (χ1) is 5.20. The minimum atomic E-state index is -0.634. The molecule has 0 amide bonds. The van der Waals surface area contributed by atoms with Gasteiger partial charge in [0.25, 0.3) is 0 Å². The summed E-state index contributed by atoms with van der Waals surface area (Å²) in [5, 5.41) is 0. The first-order valence-corrected chi connectivity index (χ1v) is 3.57. The molecule has 0 aromatic heterocycles. The fourth-order valence-electron chi connectivity index (χ4n) is 0.455. The summed E-state index contributed by atoms with van der Waals surface area (Å²) in [6, 6.07) is 0. The number of hydrogen-bond acceptors (Lipinski definition) is 3. The fraction of sp³-hybridized carbons (Fsp3) is 0.625. The number of carbonyl (C=O) groups excluding carboxylic acids is 1. The van der Waals surface area contributed by atoms with E-state index in [4.69, 9.17) is 0 Å². The molecule has 0 radical (unpaired) electrons. The summed E-state index contributed by atoms with van der Waals surface area (Å²) >= 11 is 0. The van der Waals surface area contributed by atoms with Crippen LogP contribution in [0.3, 0.4) is 0 Å². The van der Waals surface area contributed by atoms with Crippen molar-refractivity contribution in [3.8, 4) is 0 Å². The van der Waals surface area contributed by atoms with Gasteiger partial charge in [0.1, 0.15) is 6.61 Å². The standard InChI is InChI=1S/C8H14O3/c1-4-7(2)5-6-11-8(9)10-3/h5H,4,6H2,1-3H3/b7-5-. The number of allylic oxidation sites excluding steroid dienone is 1. The highest BCUT2D eigenvalue weighted by atomic mass is 16.7. The van der Waals surface area contributed by atoms with E-state index in [1.54, 1.807) is 0 Å². The van der Waals surface area contributed by atoms with E-state index < -0.39 is 6.16 Å². The maximum Gasteiger partial charge on any atom is 0.508 e. The minimum Gasteiger partial charge on any atom is -0.438 e. The average Bonchev–Trinajstić information content (AvgIpc) is 2.04. The zero-order chi connectivity index (χ0) is 8.69. The average molecular weight is 158 g/mol. The Labute approximate surface area is 67.0 Å². The lowest BCUT2D eigenvalue weighted by Crippen LogP contribution is -2.03. The summed E-state index contributed by atoms with van der Waals surface area (Å²) in [4.78, 5) is 10.4. The molecule has 0 N–H and O–H groups in total. The van der Waals surface area contributed by atoms with Gasteiger partial charge >= 0.3 is 6.16 Å². The molecule has 0 saturated carbocycles. The highest BCUT2D eigenvalue weighted by molar-refractivity contribution is 5.59. The largest absolute Gasteiger partial charge is 0.508 e. The Morgan fingerprint density at radius 2 is 2.18 bits per heavy atom. The zero-order valence-corrected chi connectivity index (χ0v) is 7.22. The molecule has 0 bridgehead atoms. The molecule has 0 aliphatic carbocycles. The first kappa shape index (κ1) is 10.0. The third kappa shape index (κ3) is 5.45. The SMILES string of the molecule is CC/C(C)=C\COC(=O)OC. The van der Waals surface area contributed by atoms with Crippen molar-refractivity contribution in [3.63, 3.8) is 0 Å². The molecule has 0 spiro atoms. The summed E-state index contributed by atoms with van der Waals surface area (Å²) in [5.74, 6) is 0. The van der Waals surface area contributed by atoms with Gasteiger partial charge in [-0.25, -0.2) is 4.79 Å². The monoisotopic (exact) mass is 158 g/mol. The molecule has 0 heterocycles. The smallest absolute Gasteiger partial charge is 0.438 e. The maximum absolute atomic E-state index is 10.4. The predicted octanol–water partition coefficient (Wildman–Crippen LogP) is 2.13. The van der Waals surface area contributed by atoms with E-state index >= 15 is 0 Å². The predicted molar refractivity (Wildman–Crippen MR) is 42.4 cm³/mol. The van der Waals surface area contributed by atoms with Crippen molar-refractivity contribution < 1.29 is 14.3 Å². The van der Waals surface area contributed by atoms with E-state index in [-0.39, 0.29) is 0 Å². The normalized spacial score (nSPS) is 11.0. The Kier molecular flexibility index (Phi) is 5.25. The van der Waals surface area contributed by atoms with Gasteiger partial charge in [0, 0.05) is 0 Å². The summed E-state index contributed by atoms with van der Waals surface area (Å²) < 4.78 is 8.90. The van der Waals surface area contributed by atoms with Crippen LogP contribution in [-0.4, -0.2) is 19.9 Å². The molecule has 0 unspecified atom stereocenters. The Bertz CT molecular complexity index is 149. The van der Waals surface area contributed by atoms with Crippen LogP contribution in [-0.2, 0) is 9.47 Å². The van der Waals surface area contributed by atoms with Crippen molar-refractivity contribution in [3.05, 3.63) is 11.6 Å². The quantitative estimate of drug-likeness (QED) is 0.466. The minimum absolute atomic E-state index is 0.298. The summed E-state index contributed by atoms with van der Waals surface area (Å²) in [7, 11) is 1.29. The van der Waals surface area contributed by atoms with E-state index in [2.05, 4.69) is 9.47 Å². The first-order valence-electron chi connectivity index (χ1n) is 3.57. The van der Waals surface area contributed by atoms with Crippen LogP contribution in [0.2, 0.25) is 0 Å². The second kappa shape index (κ2) is 5.77. The van der Waals surface area contributed by atoms with Gasteiger partial charge in [-0.3, -0.25) is 0 Å². The van der Waals surface area contributed by atoms with Gasteiger partial charge in [-0.1, -0.05) is 12.5 Å². The summed E-state index contributed by atoms with van der Waals surface area (Å²) in [5.41, 5.74) is 1.20. The lowest BCUT2D eigenvalue weighted by molar-refractivity contribution is 0.0816. The van der Waals surface area contributed by atoms with Crippen LogP contribution in [0.1, 0.15) is 20.3 Å². The van der Waals surface area contributed by atoms with Crippen molar-refractivity contribution in [2.75, 3.05) is 13.7 Å². The zero-order valence-electron chi connectivity index (χ0n) is 7.22. The van der Waals surface area contributed by atoms with E-state index in [0.717, 1.165) is 6.42 Å². The molecule has 64 valence electrons. The molecule has 11 heavy (non-hydrogen) atoms. The highest BCUT2D eigenvalue weighted by Crippen LogP contribution is 1.97. The third-order valence-electron chi connectivity index (χ3n) is 1.36. The number of hydrogen-bond donors (Lipinski definition) is 0. The molecular formula is C8H14O3. The van der Waals surface area contributed by atoms with E-state index in [1.165, 1.54) is 12.7 Å². The Balaban J connectivity index is 3.48. The van der Waals surface area contributed by atoms with Crippen LogP contribution in [0, 0.1) is 0 Å². The number of methoxy groups -OCH3 is 1. The van der Waals surface area contributed by atoms with E-state index in [0.29, 0.717) is 6.61 Å². The van der Waals surface area contributed by atoms with Crippen LogP contribution >= 0.6 is 0 Å². The van der Waals surface area contributed by atoms with Gasteiger partial charge in [-0.15, -0.1) is 0 Å². The maximum atomic E-state index is 10.4. The van der Waals surface area contributed by atoms with Crippen molar-refractivity contribution in [2.45, 2.75) is 20.3 Å². The van der Waals surface area contributed by atoms with Gasteiger partial charge < -0.3 is 9.47 Å². The van der Waals surface area contributed by atoms with Crippen molar-refractivity contribution in [1.29, 1.82) is 0 Å². The molecule has 3 heteroatoms. The fourth-order valence-corrected chi connectivity index (χ4v) is 0.455. The van der Waals surface area contributed by atoms with Gasteiger partial charge in [0.05, 0.1) is 7.11 Å². The van der Waals surface area contributed by atoms with Gasteiger partial charge in [0.15, 0.2) is 0 Å². The Hall–Kier alpha value is -0.990. The molecule has 0 aliphatic heterocycles. The lowest BCUT2D eigenvalue weighted by atomic mass is 10.2. The molecule has 3 nitrogen and oxygen atoms in total. The summed E-state index contributed by atoms with van der Waals surface area (Å²) in [6.07, 6.45) is 2.20. The van der Waals surface area contributed by atoms with E-state index in [1.807, 2.05) is 19.9 Å². The molecule has 0 fully saturated rings. The van der Waals surface area contributed by atoms with Crippen molar-refractivity contribution in [1.82, 2.24) is 0 Å². The Morgan fingerprint density at radius 1 is 1.55 bits per heavy atom. The molecule has 0 aromatic carbocycles. The van der Waals surface area contributed by atoms with Crippen molar-refractivity contribution >= 4 is 6.16 Å². The van der Waals surface area contributed by atoms with E-state index in [9.17, 15) is 4.79 Å². The van der Waals surface area contributed by atoms with Crippen LogP contribution in [0.4, 0.5) is 4.79 Å². The Morgan fingerprint density at radius 3 is 2.64 bits per heavy atom. The molecule has 0 saturated heterocycles. The molecule has 0 aliphatic rings. The lowest BCUT2D eigenvalue weighted by Gasteiger charge is -1.99. The number of ether oxygens (including phenoxy) is 2. The summed E-state index contributed by atoms with van der Waals surface area (Å²) in [6.45, 7) is 4.33. The molecular weight excluding hydrogens is 144 g/mol. The second-order valence-electron chi connectivity index (χ2n) is 2.17. The van der Waals surface area contributed by atoms with Crippen LogP contribution < -0.4 is 0 Å². The number of rotatable bonds is 3.